The third-order valence-electron chi connectivity index (χ3n) is 4.12. The number of nitrogens with zero attached hydrogens (tertiary/aromatic N) is 1. The molecule has 6 nitrogen and oxygen atoms in total. The fourth-order valence-electron chi connectivity index (χ4n) is 2.57. The van der Waals surface area contributed by atoms with Crippen molar-refractivity contribution < 1.29 is 17.9 Å². The highest BCUT2D eigenvalue weighted by atomic mass is 35.5. The average molecular weight is 425 g/mol. The lowest BCUT2D eigenvalue weighted by Crippen LogP contribution is -2.35. The van der Waals surface area contributed by atoms with Gasteiger partial charge in [0.05, 0.1) is 13.2 Å². The standard InChI is InChI=1S/C20H25ClN2O4S/c1-5-27-18-11-8-16(21)12-19(18)28(25,26)23(4)13-20(24)22-17-9-6-15(7-10-17)14(2)3/h6-12,14H,5,13H2,1-4H3,(H,22,24). The Hall–Kier alpha value is -2.09. The maximum absolute atomic E-state index is 12.9. The topological polar surface area (TPSA) is 75.7 Å². The largest absolute Gasteiger partial charge is 0.492 e. The van der Waals surface area contributed by atoms with Crippen LogP contribution >= 0.6 is 11.6 Å². The van der Waals surface area contributed by atoms with E-state index in [1.807, 2.05) is 12.1 Å². The zero-order valence-electron chi connectivity index (χ0n) is 16.4. The minimum atomic E-state index is -3.96. The van der Waals surface area contributed by atoms with Crippen molar-refractivity contribution in [1.82, 2.24) is 4.31 Å². The first-order chi connectivity index (χ1) is 13.1. The minimum absolute atomic E-state index is 0.0709. The number of sulfonamides is 1. The molecule has 0 saturated carbocycles. The van der Waals surface area contributed by atoms with E-state index in [9.17, 15) is 13.2 Å². The van der Waals surface area contributed by atoms with Gasteiger partial charge in [-0.25, -0.2) is 8.42 Å². The number of ether oxygens (including phenoxy) is 1. The lowest BCUT2D eigenvalue weighted by Gasteiger charge is -2.19. The van der Waals surface area contributed by atoms with Crippen molar-refractivity contribution in [2.75, 3.05) is 25.5 Å². The molecule has 0 radical (unpaired) electrons. The van der Waals surface area contributed by atoms with Crippen LogP contribution in [0.5, 0.6) is 5.75 Å². The quantitative estimate of drug-likeness (QED) is 0.691. The Kier molecular flexibility index (Phi) is 7.46. The number of anilines is 1. The second-order valence-electron chi connectivity index (χ2n) is 6.61. The van der Waals surface area contributed by atoms with Crippen molar-refractivity contribution in [2.45, 2.75) is 31.6 Å². The molecule has 152 valence electrons. The van der Waals surface area contributed by atoms with Crippen LogP contribution in [0.15, 0.2) is 47.4 Å². The summed E-state index contributed by atoms with van der Waals surface area (Å²) in [5.41, 5.74) is 1.76. The van der Waals surface area contributed by atoms with Gasteiger partial charge in [0, 0.05) is 17.8 Å². The van der Waals surface area contributed by atoms with Crippen LogP contribution in [-0.4, -0.2) is 38.8 Å². The number of carbonyl (C=O) groups is 1. The maximum Gasteiger partial charge on any atom is 0.247 e. The molecule has 1 amide bonds. The molecule has 0 aliphatic carbocycles. The van der Waals surface area contributed by atoms with Crippen LogP contribution in [0.25, 0.3) is 0 Å². The van der Waals surface area contributed by atoms with Gasteiger partial charge < -0.3 is 10.1 Å². The average Bonchev–Trinajstić information content (AvgIpc) is 2.63. The number of likely N-dealkylation sites (N-methyl/N-ethyl adjacent to an activating group) is 1. The highest BCUT2D eigenvalue weighted by Gasteiger charge is 2.27. The Balaban J connectivity index is 2.13. The Morgan fingerprint density at radius 2 is 1.82 bits per heavy atom. The van der Waals surface area contributed by atoms with E-state index in [2.05, 4.69) is 19.2 Å². The number of rotatable bonds is 8. The van der Waals surface area contributed by atoms with Crippen molar-refractivity contribution in [3.63, 3.8) is 0 Å². The third kappa shape index (κ3) is 5.47. The molecule has 0 fully saturated rings. The Morgan fingerprint density at radius 3 is 2.39 bits per heavy atom. The summed E-state index contributed by atoms with van der Waals surface area (Å²) < 4.78 is 32.2. The van der Waals surface area contributed by atoms with Crippen LogP contribution in [-0.2, 0) is 14.8 Å². The van der Waals surface area contributed by atoms with E-state index in [0.717, 1.165) is 9.87 Å². The predicted molar refractivity (Wildman–Crippen MR) is 112 cm³/mol. The molecule has 0 spiro atoms. The molecule has 0 atom stereocenters. The molecule has 0 aromatic heterocycles. The van der Waals surface area contributed by atoms with Crippen molar-refractivity contribution in [1.29, 1.82) is 0 Å². The normalized spacial score (nSPS) is 11.7. The lowest BCUT2D eigenvalue weighted by atomic mass is 10.0. The summed E-state index contributed by atoms with van der Waals surface area (Å²) in [6.45, 7) is 5.89. The van der Waals surface area contributed by atoms with Gasteiger partial charge in [0.2, 0.25) is 15.9 Å². The SMILES string of the molecule is CCOc1ccc(Cl)cc1S(=O)(=O)N(C)CC(=O)Nc1ccc(C(C)C)cc1. The first-order valence-corrected chi connectivity index (χ1v) is 10.8. The Bertz CT molecular complexity index is 928. The zero-order chi connectivity index (χ0) is 20.9. The van der Waals surface area contributed by atoms with E-state index in [-0.39, 0.29) is 22.2 Å². The van der Waals surface area contributed by atoms with Gasteiger partial charge in [0.25, 0.3) is 0 Å². The monoisotopic (exact) mass is 424 g/mol. The molecule has 8 heteroatoms. The van der Waals surface area contributed by atoms with E-state index in [1.54, 1.807) is 25.1 Å². The summed E-state index contributed by atoms with van der Waals surface area (Å²) >= 11 is 5.96. The molecule has 0 saturated heterocycles. The van der Waals surface area contributed by atoms with E-state index in [1.165, 1.54) is 19.2 Å². The number of hydrogen-bond donors (Lipinski definition) is 1. The second kappa shape index (κ2) is 9.41. The van der Waals surface area contributed by atoms with Gasteiger partial charge in [-0.2, -0.15) is 4.31 Å². The predicted octanol–water partition coefficient (Wildman–Crippen LogP) is 4.12. The number of benzene rings is 2. The highest BCUT2D eigenvalue weighted by molar-refractivity contribution is 7.89. The number of amides is 1. The molecule has 28 heavy (non-hydrogen) atoms. The molecule has 0 aliphatic heterocycles. The van der Waals surface area contributed by atoms with Gasteiger partial charge in [-0.15, -0.1) is 0 Å². The minimum Gasteiger partial charge on any atom is -0.492 e. The van der Waals surface area contributed by atoms with Crippen molar-refractivity contribution in [3.05, 3.63) is 53.1 Å². The lowest BCUT2D eigenvalue weighted by molar-refractivity contribution is -0.116. The molecule has 2 aromatic carbocycles. The van der Waals surface area contributed by atoms with Crippen LogP contribution in [0.2, 0.25) is 5.02 Å². The van der Waals surface area contributed by atoms with Gasteiger partial charge in [-0.05, 0) is 48.7 Å². The van der Waals surface area contributed by atoms with Gasteiger partial charge >= 0.3 is 0 Å². The molecular formula is C20H25ClN2O4S. The number of hydrogen-bond acceptors (Lipinski definition) is 4. The van der Waals surface area contributed by atoms with Crippen LogP contribution in [0.1, 0.15) is 32.3 Å². The molecule has 0 heterocycles. The van der Waals surface area contributed by atoms with Gasteiger partial charge in [0.1, 0.15) is 10.6 Å². The molecule has 0 unspecified atom stereocenters. The number of nitrogens with one attached hydrogen (secondary N) is 1. The van der Waals surface area contributed by atoms with E-state index in [0.29, 0.717) is 18.2 Å². The Morgan fingerprint density at radius 1 is 1.18 bits per heavy atom. The summed E-state index contributed by atoms with van der Waals surface area (Å²) in [6, 6.07) is 11.8. The first kappa shape index (κ1) is 22.2. The molecule has 1 N–H and O–H groups in total. The molecule has 2 aromatic rings. The fourth-order valence-corrected chi connectivity index (χ4v) is 4.08. The van der Waals surface area contributed by atoms with Gasteiger partial charge in [-0.3, -0.25) is 4.79 Å². The number of carbonyl (C=O) groups excluding carboxylic acids is 1. The fraction of sp³-hybridized carbons (Fsp3) is 0.350. The van der Waals surface area contributed by atoms with E-state index >= 15 is 0 Å². The first-order valence-electron chi connectivity index (χ1n) is 8.93. The zero-order valence-corrected chi connectivity index (χ0v) is 18.0. The number of halogens is 1. The van der Waals surface area contributed by atoms with Crippen LogP contribution in [0, 0.1) is 0 Å². The smallest absolute Gasteiger partial charge is 0.247 e. The van der Waals surface area contributed by atoms with E-state index in [4.69, 9.17) is 16.3 Å². The second-order valence-corrected chi connectivity index (χ2v) is 9.06. The summed E-state index contributed by atoms with van der Waals surface area (Å²) in [5, 5.41) is 2.98. The molecule has 0 aliphatic rings. The van der Waals surface area contributed by atoms with Gasteiger partial charge in [0.15, 0.2) is 0 Å². The summed E-state index contributed by atoms with van der Waals surface area (Å²) in [4.78, 5) is 12.3. The maximum atomic E-state index is 12.9. The summed E-state index contributed by atoms with van der Waals surface area (Å²) in [7, 11) is -2.62. The van der Waals surface area contributed by atoms with Crippen LogP contribution < -0.4 is 10.1 Å². The third-order valence-corrected chi connectivity index (χ3v) is 6.18. The van der Waals surface area contributed by atoms with Crippen LogP contribution in [0.3, 0.4) is 0 Å². The van der Waals surface area contributed by atoms with Crippen molar-refractivity contribution >= 4 is 33.2 Å². The van der Waals surface area contributed by atoms with E-state index < -0.39 is 15.9 Å². The summed E-state index contributed by atoms with van der Waals surface area (Å²) in [6.07, 6.45) is 0. The molecule has 0 bridgehead atoms. The molecular weight excluding hydrogens is 400 g/mol. The van der Waals surface area contributed by atoms with Gasteiger partial charge in [-0.1, -0.05) is 37.6 Å². The summed E-state index contributed by atoms with van der Waals surface area (Å²) in [5.74, 6) is 0.144. The van der Waals surface area contributed by atoms with Crippen molar-refractivity contribution in [2.24, 2.45) is 0 Å². The molecule has 2 rings (SSSR count). The van der Waals surface area contributed by atoms with Crippen LogP contribution in [0.4, 0.5) is 5.69 Å². The highest BCUT2D eigenvalue weighted by Crippen LogP contribution is 2.29. The Labute approximate surface area is 171 Å². The van der Waals surface area contributed by atoms with Crippen molar-refractivity contribution in [3.8, 4) is 5.75 Å².